The number of hydrogen-bond donors (Lipinski definition) is 0. The molecule has 0 fully saturated rings. The number of fused-ring (bicyclic) bond motifs is 5. The second kappa shape index (κ2) is 8.46. The number of halogens is 1. The van der Waals surface area contributed by atoms with Crippen molar-refractivity contribution in [1.29, 1.82) is 0 Å². The standard InChI is InChI=1S/C30H19ClN2O5/c1-33-22-11-16(6-8-25(22)37-15-26(33)34)29(35)30-27(20-4-2-3-5-24(20)38-30)17-10-18-14-36-23-9-7-19(31)12-21(23)28(18)32-13-17/h2-13H,14-15H2,1H3. The van der Waals surface area contributed by atoms with Crippen LogP contribution in [0.3, 0.4) is 0 Å². The lowest BCUT2D eigenvalue weighted by atomic mass is 9.95. The molecule has 186 valence electrons. The maximum absolute atomic E-state index is 13.9. The lowest BCUT2D eigenvalue weighted by molar-refractivity contribution is -0.120. The van der Waals surface area contributed by atoms with Crippen molar-refractivity contribution < 1.29 is 23.5 Å². The molecule has 0 spiro atoms. The summed E-state index contributed by atoms with van der Waals surface area (Å²) < 4.78 is 17.6. The van der Waals surface area contributed by atoms with E-state index in [2.05, 4.69) is 0 Å². The van der Waals surface area contributed by atoms with E-state index >= 15 is 0 Å². The number of amides is 1. The number of ether oxygens (including phenoxy) is 2. The summed E-state index contributed by atoms with van der Waals surface area (Å²) in [5.41, 5.74) is 5.39. The number of ketones is 1. The maximum atomic E-state index is 13.9. The predicted molar refractivity (Wildman–Crippen MR) is 143 cm³/mol. The number of carbonyl (C=O) groups is 2. The molecule has 7 nitrogen and oxygen atoms in total. The smallest absolute Gasteiger partial charge is 0.264 e. The van der Waals surface area contributed by atoms with Crippen molar-refractivity contribution in [2.75, 3.05) is 18.6 Å². The number of rotatable bonds is 3. The van der Waals surface area contributed by atoms with Gasteiger partial charge in [0.15, 0.2) is 12.4 Å². The first-order valence-electron chi connectivity index (χ1n) is 12.0. The van der Waals surface area contributed by atoms with E-state index in [1.54, 1.807) is 37.5 Å². The summed E-state index contributed by atoms with van der Waals surface area (Å²) in [7, 11) is 1.66. The van der Waals surface area contributed by atoms with Crippen molar-refractivity contribution >= 4 is 39.9 Å². The zero-order chi connectivity index (χ0) is 26.0. The average molecular weight is 523 g/mol. The molecular formula is C30H19ClN2O5. The molecule has 8 heteroatoms. The van der Waals surface area contributed by atoms with Crippen LogP contribution < -0.4 is 14.4 Å². The molecule has 0 N–H and O–H groups in total. The number of nitrogens with zero attached hydrogens (tertiary/aromatic N) is 2. The number of carbonyl (C=O) groups excluding carboxylic acids is 2. The molecule has 0 atom stereocenters. The van der Waals surface area contributed by atoms with Crippen LogP contribution in [0.1, 0.15) is 21.7 Å². The monoisotopic (exact) mass is 522 g/mol. The first-order valence-corrected chi connectivity index (χ1v) is 12.4. The molecule has 0 aliphatic carbocycles. The average Bonchev–Trinajstić information content (AvgIpc) is 3.34. The summed E-state index contributed by atoms with van der Waals surface area (Å²) in [6.45, 7) is 0.311. The van der Waals surface area contributed by atoms with Crippen molar-refractivity contribution in [2.24, 2.45) is 0 Å². The Balaban J connectivity index is 1.37. The minimum atomic E-state index is -0.309. The number of pyridine rings is 1. The van der Waals surface area contributed by atoms with Gasteiger partial charge < -0.3 is 18.8 Å². The van der Waals surface area contributed by atoms with Crippen molar-refractivity contribution in [3.05, 3.63) is 94.8 Å². The minimum Gasteiger partial charge on any atom is -0.488 e. The van der Waals surface area contributed by atoms with Crippen LogP contribution in [0.25, 0.3) is 33.4 Å². The van der Waals surface area contributed by atoms with Gasteiger partial charge in [0.1, 0.15) is 23.7 Å². The van der Waals surface area contributed by atoms with Gasteiger partial charge in [-0.3, -0.25) is 14.6 Å². The van der Waals surface area contributed by atoms with Crippen molar-refractivity contribution in [2.45, 2.75) is 6.61 Å². The summed E-state index contributed by atoms with van der Waals surface area (Å²) in [6, 6.07) is 20.0. The van der Waals surface area contributed by atoms with Crippen LogP contribution in [0.2, 0.25) is 5.02 Å². The third-order valence-electron chi connectivity index (χ3n) is 6.94. The number of furan rings is 1. The fraction of sp³-hybridized carbons (Fsp3) is 0.100. The molecule has 0 radical (unpaired) electrons. The zero-order valence-corrected chi connectivity index (χ0v) is 20.9. The largest absolute Gasteiger partial charge is 0.488 e. The van der Waals surface area contributed by atoms with Crippen molar-refractivity contribution in [3.63, 3.8) is 0 Å². The van der Waals surface area contributed by atoms with Crippen LogP contribution >= 0.6 is 11.6 Å². The lowest BCUT2D eigenvalue weighted by Crippen LogP contribution is -2.35. The van der Waals surface area contributed by atoms with Crippen LogP contribution in [0, 0.1) is 0 Å². The van der Waals surface area contributed by atoms with Crippen LogP contribution in [-0.2, 0) is 11.4 Å². The van der Waals surface area contributed by atoms with E-state index in [0.717, 1.165) is 33.5 Å². The van der Waals surface area contributed by atoms with Gasteiger partial charge in [0, 0.05) is 51.5 Å². The third kappa shape index (κ3) is 3.47. The van der Waals surface area contributed by atoms with Crippen LogP contribution in [0.5, 0.6) is 11.5 Å². The van der Waals surface area contributed by atoms with Crippen LogP contribution in [0.15, 0.2) is 77.3 Å². The van der Waals surface area contributed by atoms with Crippen molar-refractivity contribution in [3.8, 4) is 33.9 Å². The summed E-state index contributed by atoms with van der Waals surface area (Å²) in [6.07, 6.45) is 1.75. The summed E-state index contributed by atoms with van der Waals surface area (Å²) in [5, 5.41) is 1.40. The van der Waals surface area contributed by atoms with Gasteiger partial charge in [-0.2, -0.15) is 0 Å². The van der Waals surface area contributed by atoms with Crippen LogP contribution in [0.4, 0.5) is 5.69 Å². The van der Waals surface area contributed by atoms with Gasteiger partial charge >= 0.3 is 0 Å². The Bertz CT molecular complexity index is 1810. The molecule has 2 aliphatic heterocycles. The van der Waals surface area contributed by atoms with Crippen molar-refractivity contribution in [1.82, 2.24) is 4.98 Å². The summed E-state index contributed by atoms with van der Waals surface area (Å²) >= 11 is 6.23. The molecule has 0 saturated heterocycles. The Morgan fingerprint density at radius 3 is 2.68 bits per heavy atom. The molecule has 0 saturated carbocycles. The van der Waals surface area contributed by atoms with Gasteiger partial charge in [-0.15, -0.1) is 0 Å². The second-order valence-corrected chi connectivity index (χ2v) is 9.65. The number of aromatic nitrogens is 1. The van der Waals surface area contributed by atoms with Gasteiger partial charge in [0.2, 0.25) is 5.78 Å². The normalized spacial score (nSPS) is 13.8. The highest BCUT2D eigenvalue weighted by atomic mass is 35.5. The Kier molecular flexibility index (Phi) is 5.03. The molecule has 2 aromatic heterocycles. The quantitative estimate of drug-likeness (QED) is 0.259. The van der Waals surface area contributed by atoms with E-state index < -0.39 is 0 Å². The Morgan fingerprint density at radius 2 is 1.79 bits per heavy atom. The molecule has 7 rings (SSSR count). The number of likely N-dealkylation sites (N-methyl/N-ethyl adjacent to an activating group) is 1. The molecular weight excluding hydrogens is 504 g/mol. The van der Waals surface area contributed by atoms with Gasteiger partial charge in [-0.05, 0) is 48.5 Å². The summed E-state index contributed by atoms with van der Waals surface area (Å²) in [4.78, 5) is 32.3. The molecule has 5 aromatic rings. The number of para-hydroxylation sites is 1. The van der Waals surface area contributed by atoms with E-state index in [4.69, 9.17) is 30.5 Å². The fourth-order valence-electron chi connectivity index (χ4n) is 5.00. The second-order valence-electron chi connectivity index (χ2n) is 9.22. The highest BCUT2D eigenvalue weighted by Gasteiger charge is 2.28. The Hall–Kier alpha value is -4.62. The molecule has 0 bridgehead atoms. The highest BCUT2D eigenvalue weighted by molar-refractivity contribution is 6.31. The lowest BCUT2D eigenvalue weighted by Gasteiger charge is -2.26. The number of benzene rings is 3. The van der Waals surface area contributed by atoms with Gasteiger partial charge in [-0.1, -0.05) is 29.8 Å². The number of anilines is 1. The van der Waals surface area contributed by atoms with E-state index in [0.29, 0.717) is 39.8 Å². The molecule has 2 aliphatic rings. The SMILES string of the molecule is CN1C(=O)COc2ccc(C(=O)c3oc4ccccc4c3-c3cnc4c(c3)COc3ccc(Cl)cc3-4)cc21. The maximum Gasteiger partial charge on any atom is 0.264 e. The Labute approximate surface area is 222 Å². The first kappa shape index (κ1) is 22.6. The van der Waals surface area contributed by atoms with Gasteiger partial charge in [0.25, 0.3) is 5.91 Å². The molecule has 3 aromatic carbocycles. The van der Waals surface area contributed by atoms with Gasteiger partial charge in [-0.25, -0.2) is 0 Å². The fourth-order valence-corrected chi connectivity index (χ4v) is 5.18. The molecule has 1 amide bonds. The molecule has 4 heterocycles. The topological polar surface area (TPSA) is 81.9 Å². The first-order chi connectivity index (χ1) is 18.5. The van der Waals surface area contributed by atoms with E-state index in [-0.39, 0.29) is 24.1 Å². The molecule has 38 heavy (non-hydrogen) atoms. The Morgan fingerprint density at radius 1 is 0.974 bits per heavy atom. The summed E-state index contributed by atoms with van der Waals surface area (Å²) in [5.74, 6) is 0.978. The third-order valence-corrected chi connectivity index (χ3v) is 7.18. The number of hydrogen-bond acceptors (Lipinski definition) is 6. The van der Waals surface area contributed by atoms with Crippen LogP contribution in [-0.4, -0.2) is 30.3 Å². The van der Waals surface area contributed by atoms with E-state index in [9.17, 15) is 9.59 Å². The predicted octanol–water partition coefficient (Wildman–Crippen LogP) is 6.29. The van der Waals surface area contributed by atoms with Gasteiger partial charge in [0.05, 0.1) is 11.4 Å². The molecule has 0 unspecified atom stereocenters. The minimum absolute atomic E-state index is 0.0315. The van der Waals surface area contributed by atoms with E-state index in [1.807, 2.05) is 42.5 Å². The highest BCUT2D eigenvalue weighted by Crippen LogP contribution is 2.42. The zero-order valence-electron chi connectivity index (χ0n) is 20.2. The van der Waals surface area contributed by atoms with E-state index in [1.165, 1.54) is 4.90 Å².